The van der Waals surface area contributed by atoms with Gasteiger partial charge in [-0.05, 0) is 68.8 Å². The number of aliphatic hydroxyl groups excluding tert-OH is 3. The van der Waals surface area contributed by atoms with Gasteiger partial charge in [0.25, 0.3) is 0 Å². The largest absolute Gasteiger partial charge is 0.394 e. The molecular weight excluding hydrogens is 953 g/mol. The van der Waals surface area contributed by atoms with E-state index in [1.165, 1.54) is 13.8 Å². The molecule has 15 N–H and O–H groups in total. The van der Waals surface area contributed by atoms with E-state index in [1.807, 2.05) is 30.3 Å². The fourth-order valence-corrected chi connectivity index (χ4v) is 10.1. The van der Waals surface area contributed by atoms with Gasteiger partial charge in [0.1, 0.15) is 36.3 Å². The number of hydrogen-bond donors (Lipinski definition) is 13. The van der Waals surface area contributed by atoms with E-state index in [0.717, 1.165) is 38.1 Å². The Kier molecular flexibility index (Phi) is 22.2. The van der Waals surface area contributed by atoms with Crippen LogP contribution in [0.15, 0.2) is 91.1 Å². The van der Waals surface area contributed by atoms with Crippen molar-refractivity contribution in [3.8, 4) is 0 Å². The Bertz CT molecular complexity index is 2400. The van der Waals surface area contributed by atoms with Crippen LogP contribution in [0.2, 0.25) is 0 Å². The number of para-hydroxylation sites is 1. The Balaban J connectivity index is 1.56. The molecule has 1 fully saturated rings. The average molecular weight is 1020 g/mol. The topological polar surface area (TPSA) is 332 Å². The number of fused-ring (bicyclic) bond motifs is 1. The van der Waals surface area contributed by atoms with Crippen molar-refractivity contribution < 1.29 is 48.9 Å². The Labute approximate surface area is 420 Å². The van der Waals surface area contributed by atoms with Gasteiger partial charge in [-0.1, -0.05) is 100 Å². The second kappa shape index (κ2) is 28.1. The number of H-pyrrole nitrogens is 1. The Hall–Kier alpha value is -6.01. The zero-order valence-corrected chi connectivity index (χ0v) is 41.3. The first kappa shape index (κ1) is 55.9. The molecule has 7 amide bonds. The van der Waals surface area contributed by atoms with Crippen molar-refractivity contribution in [1.82, 2.24) is 42.2 Å². The number of amides is 7. The van der Waals surface area contributed by atoms with Gasteiger partial charge in [-0.3, -0.25) is 33.6 Å². The minimum atomic E-state index is -1.66. The molecule has 1 saturated heterocycles. The molecule has 0 saturated carbocycles. The van der Waals surface area contributed by atoms with Crippen LogP contribution in [-0.4, -0.2) is 147 Å². The number of benzene rings is 3. The Morgan fingerprint density at radius 1 is 0.718 bits per heavy atom. The fraction of sp³-hybridized carbons (Fsp3) is 0.449. The molecule has 0 spiro atoms. The highest BCUT2D eigenvalue weighted by Gasteiger charge is 2.36. The van der Waals surface area contributed by atoms with Crippen LogP contribution in [0.1, 0.15) is 49.8 Å². The molecule has 3 unspecified atom stereocenters. The maximum atomic E-state index is 14.7. The molecule has 20 nitrogen and oxygen atoms in total. The van der Waals surface area contributed by atoms with Gasteiger partial charge >= 0.3 is 0 Å². The maximum Gasteiger partial charge on any atom is 0.245 e. The molecule has 384 valence electrons. The van der Waals surface area contributed by atoms with E-state index in [0.29, 0.717) is 24.0 Å². The molecule has 1 aliphatic rings. The second-order valence-corrected chi connectivity index (χ2v) is 20.0. The molecule has 0 bridgehead atoms. The number of nitrogens with two attached hydrogens (primary N) is 2. The van der Waals surface area contributed by atoms with Crippen LogP contribution in [0.4, 0.5) is 0 Å². The quantitative estimate of drug-likeness (QED) is 0.0455. The monoisotopic (exact) mass is 1020 g/mol. The normalized spacial score (nSPS) is 22.8. The number of carbonyl (C=O) groups is 7. The highest BCUT2D eigenvalue weighted by atomic mass is 33.1. The molecule has 22 heteroatoms. The number of rotatable bonds is 17. The summed E-state index contributed by atoms with van der Waals surface area (Å²) in [5, 5.41) is 50.5. The van der Waals surface area contributed by atoms with Gasteiger partial charge < -0.3 is 69.0 Å². The third kappa shape index (κ3) is 17.1. The molecular formula is C49H66N10O10S2. The number of nitrogens with one attached hydrogen (secondary N) is 8. The van der Waals surface area contributed by atoms with Crippen LogP contribution >= 0.6 is 21.6 Å². The first-order valence-electron chi connectivity index (χ1n) is 23.5. The van der Waals surface area contributed by atoms with Crippen LogP contribution in [0.25, 0.3) is 10.9 Å². The highest BCUT2D eigenvalue weighted by Crippen LogP contribution is 2.24. The summed E-state index contributed by atoms with van der Waals surface area (Å²) >= 11 is 0. The summed E-state index contributed by atoms with van der Waals surface area (Å²) in [5.41, 5.74) is 15.0. The average Bonchev–Trinajstić information content (AvgIpc) is 3.76. The van der Waals surface area contributed by atoms with Gasteiger partial charge in [-0.25, -0.2) is 0 Å². The van der Waals surface area contributed by atoms with Gasteiger partial charge in [0, 0.05) is 41.4 Å². The lowest BCUT2D eigenvalue weighted by atomic mass is 10.0. The highest BCUT2D eigenvalue weighted by molar-refractivity contribution is 8.76. The molecule has 3 aromatic carbocycles. The van der Waals surface area contributed by atoms with Gasteiger partial charge in [0.05, 0.1) is 30.9 Å². The van der Waals surface area contributed by atoms with Crippen LogP contribution < -0.4 is 48.7 Å². The van der Waals surface area contributed by atoms with Crippen LogP contribution in [0.5, 0.6) is 0 Å². The lowest BCUT2D eigenvalue weighted by molar-refractivity contribution is -0.136. The smallest absolute Gasteiger partial charge is 0.245 e. The van der Waals surface area contributed by atoms with E-state index in [-0.39, 0.29) is 43.7 Å². The van der Waals surface area contributed by atoms with Crippen molar-refractivity contribution in [2.24, 2.45) is 11.5 Å². The van der Waals surface area contributed by atoms with Crippen molar-refractivity contribution >= 4 is 73.8 Å². The SMILES string of the molecule is C[C@@H](O)C1NC(=O)[C@H](CCCCN)NC(=O)[C@@H](Cc2c[nH]c3ccccc23)NC(=O)C(Cc2ccccc2)NC(=O)[C@@H](NC(=O)[C@H](N)Cc2ccccc2)CSSCC(C(=O)N[C@H](CO)[C@@H](C)O)NC1=O. The van der Waals surface area contributed by atoms with Crippen molar-refractivity contribution in [1.29, 1.82) is 0 Å². The predicted octanol–water partition coefficient (Wildman–Crippen LogP) is -0.805. The molecule has 10 atom stereocenters. The Morgan fingerprint density at radius 3 is 1.96 bits per heavy atom. The van der Waals surface area contributed by atoms with Gasteiger partial charge in [0.15, 0.2) is 0 Å². The van der Waals surface area contributed by atoms with E-state index in [9.17, 15) is 48.9 Å². The number of unbranched alkanes of at least 4 members (excludes halogenated alkanes) is 1. The summed E-state index contributed by atoms with van der Waals surface area (Å²) in [7, 11) is 2.06. The molecule has 4 aromatic rings. The summed E-state index contributed by atoms with van der Waals surface area (Å²) in [6.07, 6.45) is -0.156. The van der Waals surface area contributed by atoms with Crippen molar-refractivity contribution in [3.05, 3.63) is 108 Å². The van der Waals surface area contributed by atoms with Crippen molar-refractivity contribution in [2.45, 2.75) is 113 Å². The summed E-state index contributed by atoms with van der Waals surface area (Å²) in [4.78, 5) is 103. The number of aromatic nitrogens is 1. The minimum Gasteiger partial charge on any atom is -0.394 e. The zero-order chi connectivity index (χ0) is 51.5. The first-order chi connectivity index (χ1) is 34.1. The Morgan fingerprint density at radius 2 is 1.31 bits per heavy atom. The standard InChI is InChI=1S/C49H66N10O10S2/c1-28(61)39(25-60)56-48(68)41-27-71-70-26-40(57-43(63)34(51)21-30-13-5-3-6-14-30)47(67)54-37(22-31-15-7-4-8-16-31)45(65)55-38(23-32-24-52-35-18-10-9-17-33(32)35)46(66)53-36(19-11-12-20-50)44(64)59-42(29(2)62)49(69)58-41/h3-10,13-18,24,28-29,34,36-42,52,60-62H,11-12,19-23,25-27,50-51H2,1-2H3,(H,53,66)(H,54,67)(H,55,65)(H,56,68)(H,57,63)(H,58,69)(H,59,64)/t28-,29-,34-,36+,37?,38-,39-,40+,41?,42?/m1/s1. The van der Waals surface area contributed by atoms with E-state index in [4.69, 9.17) is 11.5 Å². The van der Waals surface area contributed by atoms with Crippen LogP contribution in [0, 0.1) is 0 Å². The number of aliphatic hydroxyl groups is 3. The molecule has 5 rings (SSSR count). The molecule has 1 aliphatic heterocycles. The number of aromatic amines is 1. The lowest BCUT2D eigenvalue weighted by Gasteiger charge is -2.29. The van der Waals surface area contributed by atoms with Crippen molar-refractivity contribution in [3.63, 3.8) is 0 Å². The van der Waals surface area contributed by atoms with Gasteiger partial charge in [-0.2, -0.15) is 0 Å². The third-order valence-corrected chi connectivity index (χ3v) is 14.3. The minimum absolute atomic E-state index is 0.0340. The number of hydrogen-bond acceptors (Lipinski definition) is 14. The lowest BCUT2D eigenvalue weighted by Crippen LogP contribution is -2.62. The van der Waals surface area contributed by atoms with E-state index >= 15 is 0 Å². The van der Waals surface area contributed by atoms with E-state index in [1.54, 1.807) is 60.8 Å². The van der Waals surface area contributed by atoms with Crippen LogP contribution in [0.3, 0.4) is 0 Å². The summed E-state index contributed by atoms with van der Waals surface area (Å²) in [5.74, 6) is -6.01. The predicted molar refractivity (Wildman–Crippen MR) is 272 cm³/mol. The summed E-state index contributed by atoms with van der Waals surface area (Å²) in [6, 6.07) is 14.6. The molecule has 2 heterocycles. The van der Waals surface area contributed by atoms with Crippen molar-refractivity contribution in [2.75, 3.05) is 24.7 Å². The van der Waals surface area contributed by atoms with E-state index in [2.05, 4.69) is 42.2 Å². The molecule has 71 heavy (non-hydrogen) atoms. The molecule has 0 aliphatic carbocycles. The maximum absolute atomic E-state index is 14.7. The fourth-order valence-electron chi connectivity index (χ4n) is 7.73. The summed E-state index contributed by atoms with van der Waals surface area (Å²) in [6.45, 7) is 2.23. The first-order valence-corrected chi connectivity index (χ1v) is 26.0. The zero-order valence-electron chi connectivity index (χ0n) is 39.7. The second-order valence-electron chi connectivity index (χ2n) is 17.5. The molecule has 0 radical (unpaired) electrons. The number of carbonyl (C=O) groups excluding carboxylic acids is 7. The van der Waals surface area contributed by atoms with Crippen LogP contribution in [-0.2, 0) is 52.8 Å². The van der Waals surface area contributed by atoms with Gasteiger partial charge in [-0.15, -0.1) is 0 Å². The van der Waals surface area contributed by atoms with E-state index < -0.39 is 108 Å². The molecule has 1 aromatic heterocycles. The van der Waals surface area contributed by atoms with Gasteiger partial charge in [0.2, 0.25) is 41.4 Å². The third-order valence-electron chi connectivity index (χ3n) is 11.9. The summed E-state index contributed by atoms with van der Waals surface area (Å²) < 4.78 is 0.